The van der Waals surface area contributed by atoms with Gasteiger partial charge in [0, 0.05) is 11.8 Å². The summed E-state index contributed by atoms with van der Waals surface area (Å²) < 4.78 is 6.89. The summed E-state index contributed by atoms with van der Waals surface area (Å²) in [6.07, 6.45) is 0. The molecule has 1 aromatic carbocycles. The molecule has 2 rings (SSSR count). The molecule has 1 aromatic heterocycles. The Labute approximate surface area is 161 Å². The van der Waals surface area contributed by atoms with E-state index in [4.69, 9.17) is 4.74 Å². The highest BCUT2D eigenvalue weighted by Gasteiger charge is 2.12. The summed E-state index contributed by atoms with van der Waals surface area (Å²) >= 11 is 4.61. The monoisotopic (exact) mass is 397 g/mol. The fourth-order valence-corrected chi connectivity index (χ4v) is 4.56. The van der Waals surface area contributed by atoms with Crippen molar-refractivity contribution < 1.29 is 9.53 Å². The molecule has 1 heterocycles. The number of benzene rings is 1. The fourth-order valence-electron chi connectivity index (χ4n) is 1.77. The number of methoxy groups -OCH3 is 1. The molecule has 136 valence electrons. The first-order valence-corrected chi connectivity index (χ1v) is 10.8. The van der Waals surface area contributed by atoms with Crippen LogP contribution < -0.4 is 10.1 Å². The van der Waals surface area contributed by atoms with Gasteiger partial charge >= 0.3 is 0 Å². The van der Waals surface area contributed by atoms with Crippen molar-refractivity contribution in [2.45, 2.75) is 41.2 Å². The average molecular weight is 398 g/mol. The summed E-state index contributed by atoms with van der Waals surface area (Å²) in [6, 6.07) is 8.17. The molecular weight excluding hydrogens is 374 g/mol. The highest BCUT2D eigenvalue weighted by molar-refractivity contribution is 8.03. The first-order chi connectivity index (χ1) is 12.0. The van der Waals surface area contributed by atoms with E-state index in [1.54, 1.807) is 18.9 Å². The SMILES string of the molecule is COc1ccc(CSc2nnc(SCC(=O)N[C@@H](C)C(C)C)s2)cc1. The van der Waals surface area contributed by atoms with Crippen LogP contribution in [0.25, 0.3) is 0 Å². The molecule has 0 bridgehead atoms. The van der Waals surface area contributed by atoms with Crippen LogP contribution in [0, 0.1) is 5.92 Å². The predicted octanol–water partition coefficient (Wildman–Crippen LogP) is 4.09. The zero-order valence-electron chi connectivity index (χ0n) is 14.8. The Morgan fingerprint density at radius 2 is 1.80 bits per heavy atom. The van der Waals surface area contributed by atoms with Gasteiger partial charge < -0.3 is 10.1 Å². The summed E-state index contributed by atoms with van der Waals surface area (Å²) in [5.41, 5.74) is 1.21. The highest BCUT2D eigenvalue weighted by atomic mass is 32.2. The number of carbonyl (C=O) groups is 1. The van der Waals surface area contributed by atoms with Crippen LogP contribution in [0.4, 0.5) is 0 Å². The van der Waals surface area contributed by atoms with Crippen LogP contribution in [0.5, 0.6) is 5.75 Å². The van der Waals surface area contributed by atoms with E-state index in [2.05, 4.69) is 29.4 Å². The Morgan fingerprint density at radius 1 is 1.16 bits per heavy atom. The van der Waals surface area contributed by atoms with Crippen molar-refractivity contribution in [1.29, 1.82) is 0 Å². The maximum Gasteiger partial charge on any atom is 0.230 e. The molecule has 0 spiro atoms. The zero-order chi connectivity index (χ0) is 18.2. The van der Waals surface area contributed by atoms with Crippen molar-refractivity contribution in [2.75, 3.05) is 12.9 Å². The van der Waals surface area contributed by atoms with Crippen LogP contribution in [0.2, 0.25) is 0 Å². The zero-order valence-corrected chi connectivity index (χ0v) is 17.3. The molecule has 0 fully saturated rings. The molecule has 1 atom stereocenters. The summed E-state index contributed by atoms with van der Waals surface area (Å²) in [6.45, 7) is 6.20. The lowest BCUT2D eigenvalue weighted by Crippen LogP contribution is -2.37. The molecule has 0 aliphatic carbocycles. The summed E-state index contributed by atoms with van der Waals surface area (Å²) in [4.78, 5) is 11.9. The molecular formula is C17H23N3O2S3. The van der Waals surface area contributed by atoms with Crippen molar-refractivity contribution in [3.8, 4) is 5.75 Å². The Balaban J connectivity index is 1.76. The maximum atomic E-state index is 11.9. The van der Waals surface area contributed by atoms with E-state index in [0.717, 1.165) is 20.2 Å². The molecule has 1 amide bonds. The van der Waals surface area contributed by atoms with Gasteiger partial charge in [0.2, 0.25) is 5.91 Å². The lowest BCUT2D eigenvalue weighted by molar-refractivity contribution is -0.119. The second kappa shape index (κ2) is 10.0. The highest BCUT2D eigenvalue weighted by Crippen LogP contribution is 2.30. The minimum absolute atomic E-state index is 0.0360. The quantitative estimate of drug-likeness (QED) is 0.643. The molecule has 0 radical (unpaired) electrons. The second-order valence-corrected chi connectivity index (χ2v) is 9.28. The average Bonchev–Trinajstić information content (AvgIpc) is 3.06. The number of rotatable bonds is 9. The van der Waals surface area contributed by atoms with Gasteiger partial charge in [-0.3, -0.25) is 4.79 Å². The van der Waals surface area contributed by atoms with E-state index in [1.165, 1.54) is 28.7 Å². The summed E-state index contributed by atoms with van der Waals surface area (Å²) in [5.74, 6) is 2.52. The summed E-state index contributed by atoms with van der Waals surface area (Å²) in [7, 11) is 1.66. The van der Waals surface area contributed by atoms with Crippen molar-refractivity contribution >= 4 is 40.8 Å². The molecule has 25 heavy (non-hydrogen) atoms. The minimum atomic E-state index is 0.0360. The van der Waals surface area contributed by atoms with Gasteiger partial charge in [-0.2, -0.15) is 0 Å². The molecule has 0 unspecified atom stereocenters. The van der Waals surface area contributed by atoms with E-state index in [9.17, 15) is 4.79 Å². The van der Waals surface area contributed by atoms with Gasteiger partial charge in [-0.05, 0) is 30.5 Å². The smallest absolute Gasteiger partial charge is 0.230 e. The number of hydrogen-bond acceptors (Lipinski definition) is 7. The minimum Gasteiger partial charge on any atom is -0.497 e. The molecule has 5 nitrogen and oxygen atoms in total. The normalized spacial score (nSPS) is 12.2. The van der Waals surface area contributed by atoms with E-state index in [-0.39, 0.29) is 11.9 Å². The van der Waals surface area contributed by atoms with Gasteiger partial charge in [-0.15, -0.1) is 10.2 Å². The molecule has 8 heteroatoms. The number of carbonyl (C=O) groups excluding carboxylic acids is 1. The van der Waals surface area contributed by atoms with Crippen molar-refractivity contribution in [3.63, 3.8) is 0 Å². The molecule has 0 saturated carbocycles. The van der Waals surface area contributed by atoms with E-state index >= 15 is 0 Å². The Bertz CT molecular complexity index is 674. The van der Waals surface area contributed by atoms with Crippen LogP contribution in [-0.4, -0.2) is 35.0 Å². The second-order valence-electron chi connectivity index (χ2n) is 5.86. The number of amides is 1. The van der Waals surface area contributed by atoms with Gasteiger partial charge in [-0.25, -0.2) is 0 Å². The van der Waals surface area contributed by atoms with Crippen LogP contribution >= 0.6 is 34.9 Å². The van der Waals surface area contributed by atoms with Crippen LogP contribution in [0.1, 0.15) is 26.3 Å². The molecule has 1 N–H and O–H groups in total. The van der Waals surface area contributed by atoms with Gasteiger partial charge in [0.15, 0.2) is 8.68 Å². The number of hydrogen-bond donors (Lipinski definition) is 1. The Morgan fingerprint density at radius 3 is 2.40 bits per heavy atom. The van der Waals surface area contributed by atoms with Crippen LogP contribution in [0.3, 0.4) is 0 Å². The number of aromatic nitrogens is 2. The van der Waals surface area contributed by atoms with Crippen LogP contribution in [0.15, 0.2) is 32.9 Å². The van der Waals surface area contributed by atoms with Gasteiger partial charge in [-0.1, -0.05) is 60.8 Å². The number of ether oxygens (including phenoxy) is 1. The first kappa shape index (κ1) is 20.1. The fraction of sp³-hybridized carbons (Fsp3) is 0.471. The number of nitrogens with one attached hydrogen (secondary N) is 1. The van der Waals surface area contributed by atoms with Crippen molar-refractivity contribution in [3.05, 3.63) is 29.8 Å². The maximum absolute atomic E-state index is 11.9. The molecule has 2 aromatic rings. The third kappa shape index (κ3) is 6.87. The third-order valence-corrected chi connectivity index (χ3v) is 6.89. The number of nitrogens with zero attached hydrogens (tertiary/aromatic N) is 2. The van der Waals surface area contributed by atoms with Gasteiger partial charge in [0.1, 0.15) is 5.75 Å². The lowest BCUT2D eigenvalue weighted by atomic mass is 10.1. The standard InChI is InChI=1S/C17H23N3O2S3/c1-11(2)12(3)18-15(21)10-24-17-20-19-16(25-17)23-9-13-5-7-14(22-4)8-6-13/h5-8,11-12H,9-10H2,1-4H3,(H,18,21)/t12-/m0/s1. The molecule has 0 aliphatic rings. The van der Waals surface area contributed by atoms with E-state index < -0.39 is 0 Å². The Kier molecular flexibility index (Phi) is 8.05. The Hall–Kier alpha value is -1.25. The van der Waals surface area contributed by atoms with Crippen molar-refractivity contribution in [2.24, 2.45) is 5.92 Å². The van der Waals surface area contributed by atoms with E-state index in [0.29, 0.717) is 11.7 Å². The lowest BCUT2D eigenvalue weighted by Gasteiger charge is -2.16. The van der Waals surface area contributed by atoms with Gasteiger partial charge in [0.25, 0.3) is 0 Å². The topological polar surface area (TPSA) is 64.1 Å². The molecule has 0 aliphatic heterocycles. The molecule has 0 saturated heterocycles. The van der Waals surface area contributed by atoms with Crippen molar-refractivity contribution in [1.82, 2.24) is 15.5 Å². The first-order valence-electron chi connectivity index (χ1n) is 7.99. The third-order valence-electron chi connectivity index (χ3n) is 3.62. The van der Waals surface area contributed by atoms with E-state index in [1.807, 2.05) is 31.2 Å². The summed E-state index contributed by atoms with van der Waals surface area (Å²) in [5, 5.41) is 11.3. The van der Waals surface area contributed by atoms with Gasteiger partial charge in [0.05, 0.1) is 12.9 Å². The number of thioether (sulfide) groups is 2. The largest absolute Gasteiger partial charge is 0.497 e. The predicted molar refractivity (Wildman–Crippen MR) is 106 cm³/mol. The van der Waals surface area contributed by atoms with Crippen LogP contribution in [-0.2, 0) is 10.5 Å².